The standard InChI is InChI=1S/C15H21N3O2S/c1-10-14(19)17-12-9-11(5-6-13(12)21-10)15(20)16-7-4-8-18(2)3/h5-6,9-10H,4,7-8H2,1-3H3,(H,16,20)(H,17,19). The number of carbonyl (C=O) groups excluding carboxylic acids is 2. The topological polar surface area (TPSA) is 61.4 Å². The van der Waals surface area contributed by atoms with Crippen molar-refractivity contribution in [1.29, 1.82) is 0 Å². The first kappa shape index (κ1) is 15.9. The zero-order valence-electron chi connectivity index (χ0n) is 12.6. The summed E-state index contributed by atoms with van der Waals surface area (Å²) >= 11 is 1.52. The molecular formula is C15H21N3O2S. The zero-order valence-corrected chi connectivity index (χ0v) is 13.4. The molecule has 2 rings (SSSR count). The van der Waals surface area contributed by atoms with Crippen LogP contribution >= 0.6 is 11.8 Å². The van der Waals surface area contributed by atoms with Crippen LogP contribution in [0.25, 0.3) is 0 Å². The molecule has 1 aliphatic rings. The molecule has 1 atom stereocenters. The molecule has 0 fully saturated rings. The molecule has 21 heavy (non-hydrogen) atoms. The summed E-state index contributed by atoms with van der Waals surface area (Å²) in [5, 5.41) is 5.64. The van der Waals surface area contributed by atoms with E-state index in [-0.39, 0.29) is 17.1 Å². The maximum atomic E-state index is 12.1. The van der Waals surface area contributed by atoms with Gasteiger partial charge < -0.3 is 15.5 Å². The molecule has 1 unspecified atom stereocenters. The Bertz CT molecular complexity index is 546. The van der Waals surface area contributed by atoms with Crippen LogP contribution in [0, 0.1) is 0 Å². The molecule has 2 N–H and O–H groups in total. The van der Waals surface area contributed by atoms with Crippen molar-refractivity contribution in [3.63, 3.8) is 0 Å². The van der Waals surface area contributed by atoms with Gasteiger partial charge in [0, 0.05) is 17.0 Å². The lowest BCUT2D eigenvalue weighted by atomic mass is 10.1. The Balaban J connectivity index is 1.97. The first-order valence-corrected chi connectivity index (χ1v) is 7.90. The highest BCUT2D eigenvalue weighted by atomic mass is 32.2. The average molecular weight is 307 g/mol. The van der Waals surface area contributed by atoms with Gasteiger partial charge >= 0.3 is 0 Å². The number of fused-ring (bicyclic) bond motifs is 1. The van der Waals surface area contributed by atoms with E-state index in [0.717, 1.165) is 23.5 Å². The number of amides is 2. The Hall–Kier alpha value is -1.53. The van der Waals surface area contributed by atoms with E-state index in [1.807, 2.05) is 27.1 Å². The third-order valence-corrected chi connectivity index (χ3v) is 4.42. The number of rotatable bonds is 5. The third kappa shape index (κ3) is 4.22. The second kappa shape index (κ2) is 6.95. The van der Waals surface area contributed by atoms with Gasteiger partial charge in [-0.15, -0.1) is 11.8 Å². The highest BCUT2D eigenvalue weighted by Crippen LogP contribution is 2.35. The summed E-state index contributed by atoms with van der Waals surface area (Å²) in [6.07, 6.45) is 0.910. The van der Waals surface area contributed by atoms with E-state index >= 15 is 0 Å². The van der Waals surface area contributed by atoms with Crippen molar-refractivity contribution in [3.05, 3.63) is 23.8 Å². The van der Waals surface area contributed by atoms with Crippen molar-refractivity contribution in [2.45, 2.75) is 23.5 Å². The van der Waals surface area contributed by atoms with Crippen LogP contribution in [0.2, 0.25) is 0 Å². The molecule has 1 aliphatic heterocycles. The predicted molar refractivity (Wildman–Crippen MR) is 85.9 cm³/mol. The Morgan fingerprint density at radius 3 is 2.90 bits per heavy atom. The van der Waals surface area contributed by atoms with Gasteiger partial charge in [-0.1, -0.05) is 0 Å². The fraction of sp³-hybridized carbons (Fsp3) is 0.467. The maximum Gasteiger partial charge on any atom is 0.251 e. The average Bonchev–Trinajstić information content (AvgIpc) is 2.44. The molecule has 0 spiro atoms. The Labute approximate surface area is 129 Å². The van der Waals surface area contributed by atoms with Crippen LogP contribution in [0.15, 0.2) is 23.1 Å². The van der Waals surface area contributed by atoms with E-state index in [1.165, 1.54) is 11.8 Å². The quantitative estimate of drug-likeness (QED) is 0.814. The molecule has 0 bridgehead atoms. The van der Waals surface area contributed by atoms with E-state index in [0.29, 0.717) is 12.1 Å². The van der Waals surface area contributed by atoms with E-state index in [9.17, 15) is 9.59 Å². The van der Waals surface area contributed by atoms with Crippen molar-refractivity contribution in [2.24, 2.45) is 0 Å². The lowest BCUT2D eigenvalue weighted by Crippen LogP contribution is -2.28. The lowest BCUT2D eigenvalue weighted by Gasteiger charge is -2.21. The summed E-state index contributed by atoms with van der Waals surface area (Å²) in [6, 6.07) is 5.44. The molecule has 114 valence electrons. The second-order valence-electron chi connectivity index (χ2n) is 5.37. The van der Waals surface area contributed by atoms with Crippen molar-refractivity contribution < 1.29 is 9.59 Å². The van der Waals surface area contributed by atoms with Gasteiger partial charge in [0.15, 0.2) is 0 Å². The van der Waals surface area contributed by atoms with Crippen LogP contribution in [0.3, 0.4) is 0 Å². The number of anilines is 1. The molecule has 0 saturated carbocycles. The number of hydrogen-bond acceptors (Lipinski definition) is 4. The fourth-order valence-corrected chi connectivity index (χ4v) is 2.98. The smallest absolute Gasteiger partial charge is 0.251 e. The van der Waals surface area contributed by atoms with Gasteiger partial charge in [-0.2, -0.15) is 0 Å². The summed E-state index contributed by atoms with van der Waals surface area (Å²) in [5.41, 5.74) is 1.30. The summed E-state index contributed by atoms with van der Waals surface area (Å²) in [4.78, 5) is 26.8. The monoisotopic (exact) mass is 307 g/mol. The van der Waals surface area contributed by atoms with Gasteiger partial charge in [0.25, 0.3) is 5.91 Å². The summed E-state index contributed by atoms with van der Waals surface area (Å²) in [7, 11) is 4.01. The van der Waals surface area contributed by atoms with Crippen molar-refractivity contribution in [3.8, 4) is 0 Å². The molecule has 0 radical (unpaired) electrons. The molecular weight excluding hydrogens is 286 g/mol. The SMILES string of the molecule is CC1Sc2ccc(C(=O)NCCCN(C)C)cc2NC1=O. The number of carbonyl (C=O) groups is 2. The summed E-state index contributed by atoms with van der Waals surface area (Å²) in [5.74, 6) is -0.120. The zero-order chi connectivity index (χ0) is 15.4. The Morgan fingerprint density at radius 2 is 2.19 bits per heavy atom. The van der Waals surface area contributed by atoms with Gasteiger partial charge in [-0.3, -0.25) is 9.59 Å². The summed E-state index contributed by atoms with van der Waals surface area (Å²) < 4.78 is 0. The normalized spacial score (nSPS) is 17.3. The highest BCUT2D eigenvalue weighted by molar-refractivity contribution is 8.00. The minimum Gasteiger partial charge on any atom is -0.352 e. The first-order chi connectivity index (χ1) is 9.97. The van der Waals surface area contributed by atoms with Gasteiger partial charge in [-0.05, 0) is 52.2 Å². The van der Waals surface area contributed by atoms with Gasteiger partial charge in [-0.25, -0.2) is 0 Å². The van der Waals surface area contributed by atoms with Crippen molar-refractivity contribution in [1.82, 2.24) is 10.2 Å². The molecule has 0 aromatic heterocycles. The van der Waals surface area contributed by atoms with Crippen LogP contribution in [-0.2, 0) is 4.79 Å². The van der Waals surface area contributed by atoms with Crippen LogP contribution < -0.4 is 10.6 Å². The number of nitrogens with one attached hydrogen (secondary N) is 2. The number of nitrogens with zero attached hydrogens (tertiary/aromatic N) is 1. The molecule has 0 saturated heterocycles. The second-order valence-corrected chi connectivity index (χ2v) is 6.76. The van der Waals surface area contributed by atoms with Crippen LogP contribution in [-0.4, -0.2) is 49.1 Å². The number of thioether (sulfide) groups is 1. The molecule has 0 aliphatic carbocycles. The van der Waals surface area contributed by atoms with E-state index in [2.05, 4.69) is 15.5 Å². The van der Waals surface area contributed by atoms with Gasteiger partial charge in [0.05, 0.1) is 10.9 Å². The van der Waals surface area contributed by atoms with Crippen molar-refractivity contribution >= 4 is 29.3 Å². The molecule has 1 aromatic rings. The molecule has 6 heteroatoms. The molecule has 1 heterocycles. The largest absolute Gasteiger partial charge is 0.352 e. The number of benzene rings is 1. The minimum absolute atomic E-state index is 0.0176. The van der Waals surface area contributed by atoms with Crippen LogP contribution in [0.4, 0.5) is 5.69 Å². The lowest BCUT2D eigenvalue weighted by molar-refractivity contribution is -0.115. The third-order valence-electron chi connectivity index (χ3n) is 3.24. The maximum absolute atomic E-state index is 12.1. The predicted octanol–water partition coefficient (Wildman–Crippen LogP) is 1.80. The van der Waals surface area contributed by atoms with Crippen molar-refractivity contribution in [2.75, 3.05) is 32.5 Å². The molecule has 1 aromatic carbocycles. The van der Waals surface area contributed by atoms with Gasteiger partial charge in [0.2, 0.25) is 5.91 Å². The minimum atomic E-state index is -0.102. The van der Waals surface area contributed by atoms with E-state index < -0.39 is 0 Å². The first-order valence-electron chi connectivity index (χ1n) is 7.02. The van der Waals surface area contributed by atoms with Crippen LogP contribution in [0.1, 0.15) is 23.7 Å². The highest BCUT2D eigenvalue weighted by Gasteiger charge is 2.23. The number of hydrogen-bond donors (Lipinski definition) is 2. The van der Waals surface area contributed by atoms with Gasteiger partial charge in [0.1, 0.15) is 0 Å². The van der Waals surface area contributed by atoms with Crippen LogP contribution in [0.5, 0.6) is 0 Å². The van der Waals surface area contributed by atoms with E-state index in [1.54, 1.807) is 12.1 Å². The molecule has 2 amide bonds. The van der Waals surface area contributed by atoms with E-state index in [4.69, 9.17) is 0 Å². The molecule has 5 nitrogen and oxygen atoms in total. The fourth-order valence-electron chi connectivity index (χ4n) is 2.05. The summed E-state index contributed by atoms with van der Waals surface area (Å²) in [6.45, 7) is 3.45. The Kier molecular flexibility index (Phi) is 5.25. The Morgan fingerprint density at radius 1 is 1.43 bits per heavy atom.